The molecule has 1 heterocycles. The Morgan fingerprint density at radius 2 is 1.83 bits per heavy atom. The molecule has 120 valence electrons. The number of halogens is 1. The number of ether oxygens (including phenoxy) is 2. The fourth-order valence-electron chi connectivity index (χ4n) is 3.17. The van der Waals surface area contributed by atoms with Crippen molar-refractivity contribution in [3.05, 3.63) is 84.4 Å². The molecule has 3 heteroatoms. The van der Waals surface area contributed by atoms with Crippen LogP contribution in [0.25, 0.3) is 10.8 Å². The van der Waals surface area contributed by atoms with E-state index in [9.17, 15) is 0 Å². The van der Waals surface area contributed by atoms with Crippen molar-refractivity contribution in [1.29, 1.82) is 0 Å². The molecule has 0 bridgehead atoms. The number of para-hydroxylation sites is 1. The summed E-state index contributed by atoms with van der Waals surface area (Å²) in [5.41, 5.74) is 2.06. The maximum absolute atomic E-state index is 6.32. The van der Waals surface area contributed by atoms with Crippen LogP contribution in [-0.4, -0.2) is 12.0 Å². The first-order valence-corrected chi connectivity index (χ1v) is 8.47. The van der Waals surface area contributed by atoms with Crippen LogP contribution in [0.15, 0.2) is 73.3 Å². The van der Waals surface area contributed by atoms with E-state index in [4.69, 9.17) is 21.1 Å². The summed E-state index contributed by atoms with van der Waals surface area (Å²) < 4.78 is 12.4. The Balaban J connectivity index is 1.94. The van der Waals surface area contributed by atoms with Crippen LogP contribution in [0, 0.1) is 0 Å². The van der Waals surface area contributed by atoms with E-state index in [0.29, 0.717) is 5.88 Å². The highest BCUT2D eigenvalue weighted by Crippen LogP contribution is 2.47. The number of hydrogen-bond acceptors (Lipinski definition) is 2. The van der Waals surface area contributed by atoms with E-state index in [1.807, 2.05) is 42.5 Å². The van der Waals surface area contributed by atoms with Gasteiger partial charge < -0.3 is 9.47 Å². The van der Waals surface area contributed by atoms with Gasteiger partial charge in [-0.25, -0.2) is 0 Å². The zero-order chi connectivity index (χ0) is 16.5. The monoisotopic (exact) mass is 336 g/mol. The zero-order valence-corrected chi connectivity index (χ0v) is 13.9. The highest BCUT2D eigenvalue weighted by atomic mass is 35.5. The maximum atomic E-state index is 6.32. The lowest BCUT2D eigenvalue weighted by Crippen LogP contribution is -2.20. The molecule has 0 aliphatic carbocycles. The van der Waals surface area contributed by atoms with Crippen LogP contribution in [0.5, 0.6) is 11.5 Å². The highest BCUT2D eigenvalue weighted by molar-refractivity contribution is 6.18. The first kappa shape index (κ1) is 15.3. The largest absolute Gasteiger partial charge is 0.457 e. The average Bonchev–Trinajstić information content (AvgIpc) is 2.65. The van der Waals surface area contributed by atoms with Gasteiger partial charge in [0, 0.05) is 11.1 Å². The van der Waals surface area contributed by atoms with Gasteiger partial charge in [-0.3, -0.25) is 0 Å². The van der Waals surface area contributed by atoms with E-state index < -0.39 is 0 Å². The molecule has 2 unspecified atom stereocenters. The van der Waals surface area contributed by atoms with Crippen molar-refractivity contribution in [1.82, 2.24) is 0 Å². The number of rotatable bonds is 4. The van der Waals surface area contributed by atoms with Crippen molar-refractivity contribution >= 4 is 22.4 Å². The van der Waals surface area contributed by atoms with Crippen LogP contribution >= 0.6 is 11.6 Å². The van der Waals surface area contributed by atoms with Crippen LogP contribution in [0.3, 0.4) is 0 Å². The van der Waals surface area contributed by atoms with E-state index in [-0.39, 0.29) is 12.2 Å². The van der Waals surface area contributed by atoms with Crippen molar-refractivity contribution in [3.8, 4) is 11.5 Å². The average molecular weight is 337 g/mol. The standard InChI is InChI=1S/C21H17ClO2/c1-2-15(13-22)23-21-17-9-5-6-10-18(17)24-19-12-11-14-7-3-4-8-16(14)20(19)21/h2-12,15,21H,1,13H2. The third kappa shape index (κ3) is 2.48. The third-order valence-electron chi connectivity index (χ3n) is 4.34. The van der Waals surface area contributed by atoms with Gasteiger partial charge in [0.25, 0.3) is 0 Å². The normalized spacial score (nSPS) is 16.8. The van der Waals surface area contributed by atoms with Crippen LogP contribution in [-0.2, 0) is 4.74 Å². The van der Waals surface area contributed by atoms with Gasteiger partial charge in [0.05, 0.1) is 12.0 Å². The third-order valence-corrected chi connectivity index (χ3v) is 4.64. The smallest absolute Gasteiger partial charge is 0.134 e. The molecule has 0 spiro atoms. The molecular weight excluding hydrogens is 320 g/mol. The number of benzene rings is 3. The Morgan fingerprint density at radius 1 is 1.04 bits per heavy atom. The lowest BCUT2D eigenvalue weighted by atomic mass is 9.92. The fraction of sp³-hybridized carbons (Fsp3) is 0.143. The first-order chi connectivity index (χ1) is 11.8. The van der Waals surface area contributed by atoms with Gasteiger partial charge in [-0.1, -0.05) is 54.6 Å². The van der Waals surface area contributed by atoms with Crippen LogP contribution in [0.1, 0.15) is 17.2 Å². The summed E-state index contributed by atoms with van der Waals surface area (Å²) in [4.78, 5) is 0. The van der Waals surface area contributed by atoms with Crippen LogP contribution in [0.2, 0.25) is 0 Å². The minimum atomic E-state index is -0.238. The maximum Gasteiger partial charge on any atom is 0.134 e. The summed E-state index contributed by atoms with van der Waals surface area (Å²) in [6.45, 7) is 3.83. The lowest BCUT2D eigenvalue weighted by Gasteiger charge is -2.31. The Kier molecular flexibility index (Phi) is 4.01. The van der Waals surface area contributed by atoms with E-state index in [1.165, 1.54) is 0 Å². The quantitative estimate of drug-likeness (QED) is 0.440. The molecule has 0 saturated heterocycles. The molecule has 1 aliphatic rings. The Hall–Kier alpha value is -2.29. The van der Waals surface area contributed by atoms with Gasteiger partial charge >= 0.3 is 0 Å². The summed E-state index contributed by atoms with van der Waals surface area (Å²) >= 11 is 6.03. The van der Waals surface area contributed by atoms with Gasteiger partial charge in [0.15, 0.2) is 0 Å². The van der Waals surface area contributed by atoms with Gasteiger partial charge in [-0.15, -0.1) is 18.2 Å². The second-order valence-corrected chi connectivity index (χ2v) is 6.09. The van der Waals surface area contributed by atoms with E-state index in [2.05, 4.69) is 24.8 Å². The molecule has 0 amide bonds. The van der Waals surface area contributed by atoms with Gasteiger partial charge in [0.2, 0.25) is 0 Å². The van der Waals surface area contributed by atoms with E-state index >= 15 is 0 Å². The topological polar surface area (TPSA) is 18.5 Å². The summed E-state index contributed by atoms with van der Waals surface area (Å²) in [5.74, 6) is 2.01. The predicted octanol–water partition coefficient (Wildman–Crippen LogP) is 5.84. The molecule has 3 aromatic rings. The molecule has 2 atom stereocenters. The Labute approximate surface area is 146 Å². The molecule has 0 fully saturated rings. The molecule has 0 aromatic heterocycles. The molecule has 3 aromatic carbocycles. The van der Waals surface area contributed by atoms with Crippen molar-refractivity contribution in [2.45, 2.75) is 12.2 Å². The molecular formula is C21H17ClO2. The number of fused-ring (bicyclic) bond motifs is 4. The lowest BCUT2D eigenvalue weighted by molar-refractivity contribution is 0.0440. The summed E-state index contributed by atoms with van der Waals surface area (Å²) in [7, 11) is 0. The fourth-order valence-corrected chi connectivity index (χ4v) is 3.37. The highest BCUT2D eigenvalue weighted by Gasteiger charge is 2.31. The molecule has 24 heavy (non-hydrogen) atoms. The summed E-state index contributed by atoms with van der Waals surface area (Å²) in [6.07, 6.45) is 1.28. The second kappa shape index (κ2) is 6.31. The molecule has 4 rings (SSSR count). The van der Waals surface area contributed by atoms with Gasteiger partial charge in [-0.05, 0) is 22.9 Å². The molecule has 2 nitrogen and oxygen atoms in total. The molecule has 0 radical (unpaired) electrons. The van der Waals surface area contributed by atoms with E-state index in [0.717, 1.165) is 33.4 Å². The first-order valence-electron chi connectivity index (χ1n) is 7.94. The van der Waals surface area contributed by atoms with E-state index in [1.54, 1.807) is 6.08 Å². The molecule has 0 saturated carbocycles. The van der Waals surface area contributed by atoms with Gasteiger partial charge in [-0.2, -0.15) is 0 Å². The minimum Gasteiger partial charge on any atom is -0.457 e. The minimum absolute atomic E-state index is 0.227. The zero-order valence-electron chi connectivity index (χ0n) is 13.1. The van der Waals surface area contributed by atoms with Gasteiger partial charge in [0.1, 0.15) is 17.6 Å². The number of hydrogen-bond donors (Lipinski definition) is 0. The SMILES string of the molecule is C=CC(CCl)OC1c2ccccc2Oc2ccc3ccccc3c21. The molecule has 1 aliphatic heterocycles. The van der Waals surface area contributed by atoms with Crippen LogP contribution < -0.4 is 4.74 Å². The number of alkyl halides is 1. The molecule has 0 N–H and O–H groups in total. The van der Waals surface area contributed by atoms with Crippen molar-refractivity contribution in [3.63, 3.8) is 0 Å². The summed E-state index contributed by atoms with van der Waals surface area (Å²) in [6, 6.07) is 20.3. The second-order valence-electron chi connectivity index (χ2n) is 5.78. The van der Waals surface area contributed by atoms with Crippen LogP contribution in [0.4, 0.5) is 0 Å². The van der Waals surface area contributed by atoms with Crippen molar-refractivity contribution in [2.75, 3.05) is 5.88 Å². The predicted molar refractivity (Wildman–Crippen MR) is 98.1 cm³/mol. The Bertz CT molecular complexity index is 903. The Morgan fingerprint density at radius 3 is 2.67 bits per heavy atom. The van der Waals surface area contributed by atoms with Crippen molar-refractivity contribution in [2.24, 2.45) is 0 Å². The van der Waals surface area contributed by atoms with Crippen molar-refractivity contribution < 1.29 is 9.47 Å². The summed E-state index contributed by atoms with van der Waals surface area (Å²) in [5, 5.41) is 2.29.